The number of carbonyl (C=O) groups excluding carboxylic acids is 1. The Morgan fingerprint density at radius 3 is 2.49 bits per heavy atom. The summed E-state index contributed by atoms with van der Waals surface area (Å²) in [5.74, 6) is 0.110. The number of carbonyl (C=O) groups is 1. The van der Waals surface area contributed by atoms with Crippen LogP contribution in [0.25, 0.3) is 22.6 Å². The van der Waals surface area contributed by atoms with E-state index in [9.17, 15) is 4.79 Å². The first-order chi connectivity index (χ1) is 27.3. The molecule has 0 saturated carbocycles. The molecule has 1 amide bonds. The van der Waals surface area contributed by atoms with Crippen molar-refractivity contribution >= 4 is 48.0 Å². The Hall–Kier alpha value is -4.63. The van der Waals surface area contributed by atoms with Gasteiger partial charge in [0.15, 0.2) is 22.8 Å². The van der Waals surface area contributed by atoms with Gasteiger partial charge in [-0.25, -0.2) is 19.3 Å². The van der Waals surface area contributed by atoms with Gasteiger partial charge in [0.1, 0.15) is 18.2 Å². The Morgan fingerprint density at radius 2 is 1.77 bits per heavy atom. The zero-order valence-electron chi connectivity index (χ0n) is 33.8. The highest BCUT2D eigenvalue weighted by Gasteiger charge is 2.37. The number of nitrogens with zero attached hydrogens (tertiary/aromatic N) is 8. The van der Waals surface area contributed by atoms with Crippen molar-refractivity contribution in [2.75, 3.05) is 67.7 Å². The molecule has 3 aliphatic heterocycles. The van der Waals surface area contributed by atoms with Crippen molar-refractivity contribution in [2.45, 2.75) is 71.7 Å². The third-order valence-corrected chi connectivity index (χ3v) is 13.7. The monoisotopic (exact) mass is 790 g/mol. The molecule has 5 aromatic rings. The van der Waals surface area contributed by atoms with Crippen molar-refractivity contribution in [3.05, 3.63) is 84.0 Å². The predicted octanol–water partition coefficient (Wildman–Crippen LogP) is 6.98. The van der Waals surface area contributed by atoms with E-state index in [0.717, 1.165) is 64.0 Å². The van der Waals surface area contributed by atoms with Gasteiger partial charge in [-0.3, -0.25) is 14.3 Å². The fourth-order valence-corrected chi connectivity index (χ4v) is 9.42. The SMILES string of the molecule is [CH2]c1c(-c2nc(Nc3ccc(N4CCN(C5COC5)CC4)cc3)c3ncn(COCC[Si](C)(C)C)c3n2)cc(F)cc1N1CCn2c(cc3c2CC(C)(C)C3)C1=O. The molecular formula is C43H53FN9O3Si. The maximum Gasteiger partial charge on any atom is 0.274 e. The van der Waals surface area contributed by atoms with Gasteiger partial charge >= 0.3 is 0 Å². The van der Waals surface area contributed by atoms with Crippen LogP contribution in [0.4, 0.5) is 27.3 Å². The van der Waals surface area contributed by atoms with Crippen molar-refractivity contribution in [2.24, 2.45) is 5.41 Å². The first kappa shape index (κ1) is 37.9. The highest BCUT2D eigenvalue weighted by atomic mass is 28.3. The standard InChI is InChI=1S/C43H53FN9O3Si/c1-28-34(20-30(44)21-35(28)53-16-15-52-36(42(53)54)19-29-22-43(2,3)23-37(29)52)39-47-40(38-41(48-39)51(26-45-38)27-55-17-18-57(4,5)6)46-31-7-9-32(10-8-31)49-11-13-50(14-12-49)33-24-56-25-33/h7-10,19-21,26,33H,1,11-18,22-25,27H2,2-6H3,(H,46,47,48). The molecule has 1 radical (unpaired) electrons. The zero-order valence-corrected chi connectivity index (χ0v) is 34.8. The average Bonchev–Trinajstić information content (AvgIpc) is 3.81. The largest absolute Gasteiger partial charge is 0.378 e. The van der Waals surface area contributed by atoms with Crippen molar-refractivity contribution in [3.63, 3.8) is 0 Å². The van der Waals surface area contributed by atoms with Crippen LogP contribution in [-0.2, 0) is 35.6 Å². The summed E-state index contributed by atoms with van der Waals surface area (Å²) in [4.78, 5) is 35.4. The minimum Gasteiger partial charge on any atom is -0.378 e. The molecule has 9 rings (SSSR count). The summed E-state index contributed by atoms with van der Waals surface area (Å²) in [6.07, 6.45) is 3.59. The normalized spacial score (nSPS) is 18.6. The lowest BCUT2D eigenvalue weighted by Gasteiger charge is -2.43. The number of piperazine rings is 1. The Bertz CT molecular complexity index is 2320. The molecule has 3 aromatic heterocycles. The molecule has 12 nitrogen and oxygen atoms in total. The number of rotatable bonds is 11. The molecule has 6 heterocycles. The molecule has 2 aromatic carbocycles. The van der Waals surface area contributed by atoms with Gasteiger partial charge < -0.3 is 29.2 Å². The molecule has 2 fully saturated rings. The van der Waals surface area contributed by atoms with E-state index in [4.69, 9.17) is 24.4 Å². The van der Waals surface area contributed by atoms with Crippen LogP contribution >= 0.6 is 0 Å². The van der Waals surface area contributed by atoms with E-state index in [1.807, 2.05) is 22.8 Å². The van der Waals surface area contributed by atoms with Gasteiger partial charge in [0.05, 0.1) is 31.3 Å². The molecule has 0 unspecified atom stereocenters. The maximum absolute atomic E-state index is 15.8. The minimum absolute atomic E-state index is 0.152. The van der Waals surface area contributed by atoms with Gasteiger partial charge in [-0.1, -0.05) is 33.5 Å². The number of anilines is 4. The number of halogens is 1. The van der Waals surface area contributed by atoms with Crippen LogP contribution in [0.3, 0.4) is 0 Å². The lowest BCUT2D eigenvalue weighted by molar-refractivity contribution is -0.0660. The second kappa shape index (κ2) is 14.6. The third-order valence-electron chi connectivity index (χ3n) is 12.0. The molecule has 0 atom stereocenters. The van der Waals surface area contributed by atoms with Gasteiger partial charge in [0.25, 0.3) is 5.91 Å². The Labute approximate surface area is 335 Å². The minimum atomic E-state index is -1.29. The summed E-state index contributed by atoms with van der Waals surface area (Å²) in [6, 6.07) is 14.8. The van der Waals surface area contributed by atoms with Crippen LogP contribution < -0.4 is 15.1 Å². The second-order valence-corrected chi connectivity index (χ2v) is 23.7. The van der Waals surface area contributed by atoms with E-state index in [2.05, 4.69) is 72.2 Å². The molecule has 57 heavy (non-hydrogen) atoms. The van der Waals surface area contributed by atoms with Crippen LogP contribution in [-0.4, -0.2) is 102 Å². The molecule has 4 aliphatic rings. The highest BCUT2D eigenvalue weighted by molar-refractivity contribution is 6.76. The van der Waals surface area contributed by atoms with Crippen LogP contribution in [0.15, 0.2) is 48.8 Å². The summed E-state index contributed by atoms with van der Waals surface area (Å²) >= 11 is 0. The molecule has 1 aliphatic carbocycles. The summed E-state index contributed by atoms with van der Waals surface area (Å²) in [7, 11) is -1.29. The fourth-order valence-electron chi connectivity index (χ4n) is 8.66. The van der Waals surface area contributed by atoms with E-state index >= 15 is 4.39 Å². The molecular weight excluding hydrogens is 738 g/mol. The smallest absolute Gasteiger partial charge is 0.274 e. The maximum atomic E-state index is 15.8. The molecule has 299 valence electrons. The van der Waals surface area contributed by atoms with Gasteiger partial charge in [-0.05, 0) is 84.8 Å². The number of hydrogen-bond acceptors (Lipinski definition) is 9. The molecule has 1 N–H and O–H groups in total. The number of ether oxygens (including phenoxy) is 2. The van der Waals surface area contributed by atoms with Crippen LogP contribution in [0, 0.1) is 18.2 Å². The number of hydrogen-bond donors (Lipinski definition) is 1. The third kappa shape index (κ3) is 7.48. The Kier molecular flexibility index (Phi) is 9.73. The topological polar surface area (TPSA) is 106 Å². The second-order valence-electron chi connectivity index (χ2n) is 18.1. The number of fused-ring (bicyclic) bond motifs is 4. The molecule has 2 saturated heterocycles. The number of imidazole rings is 1. The van der Waals surface area contributed by atoms with Gasteiger partial charge in [0, 0.05) is 76.6 Å². The van der Waals surface area contributed by atoms with Crippen LogP contribution in [0.1, 0.15) is 41.2 Å². The highest BCUT2D eigenvalue weighted by Crippen LogP contribution is 2.41. The van der Waals surface area contributed by atoms with E-state index in [0.29, 0.717) is 65.2 Å². The summed E-state index contributed by atoms with van der Waals surface area (Å²) in [5, 5.41) is 3.50. The van der Waals surface area contributed by atoms with E-state index < -0.39 is 13.9 Å². The van der Waals surface area contributed by atoms with Crippen molar-refractivity contribution in [1.82, 2.24) is 29.0 Å². The Morgan fingerprint density at radius 1 is 1.00 bits per heavy atom. The van der Waals surface area contributed by atoms with Gasteiger partial charge in [-0.15, -0.1) is 0 Å². The molecule has 0 spiro atoms. The predicted molar refractivity (Wildman–Crippen MR) is 225 cm³/mol. The van der Waals surface area contributed by atoms with Gasteiger partial charge in [-0.2, -0.15) is 0 Å². The van der Waals surface area contributed by atoms with E-state index in [-0.39, 0.29) is 23.9 Å². The first-order valence-electron chi connectivity index (χ1n) is 20.2. The summed E-state index contributed by atoms with van der Waals surface area (Å²) in [6.45, 7) is 23.5. The summed E-state index contributed by atoms with van der Waals surface area (Å²) in [5.41, 5.74) is 7.73. The Balaban J connectivity index is 1.02. The average molecular weight is 791 g/mol. The quantitative estimate of drug-likeness (QED) is 0.112. The number of amides is 1. The molecule has 0 bridgehead atoms. The van der Waals surface area contributed by atoms with E-state index in [1.165, 1.54) is 29.1 Å². The first-order valence-corrected chi connectivity index (χ1v) is 23.9. The van der Waals surface area contributed by atoms with Crippen molar-refractivity contribution in [3.8, 4) is 11.4 Å². The van der Waals surface area contributed by atoms with Crippen LogP contribution in [0.2, 0.25) is 25.7 Å². The lowest BCUT2D eigenvalue weighted by atomic mass is 9.90. The zero-order chi connectivity index (χ0) is 39.6. The lowest BCUT2D eigenvalue weighted by Crippen LogP contribution is -2.56. The number of aromatic nitrogens is 5. The van der Waals surface area contributed by atoms with E-state index in [1.54, 1.807) is 11.2 Å². The summed E-state index contributed by atoms with van der Waals surface area (Å²) < 4.78 is 31.3. The number of benzene rings is 2. The molecule has 14 heteroatoms. The van der Waals surface area contributed by atoms with Crippen LogP contribution in [0.5, 0.6) is 0 Å². The number of nitrogens with one attached hydrogen (secondary N) is 1. The van der Waals surface area contributed by atoms with Crippen molar-refractivity contribution in [1.29, 1.82) is 0 Å². The van der Waals surface area contributed by atoms with Gasteiger partial charge in [0.2, 0.25) is 0 Å². The fraction of sp³-hybridized carbons (Fsp3) is 0.465. The van der Waals surface area contributed by atoms with Crippen molar-refractivity contribution < 1.29 is 18.7 Å².